The Kier molecular flexibility index (Phi) is 2.15. The van der Waals surface area contributed by atoms with Crippen molar-refractivity contribution in [1.29, 1.82) is 5.26 Å². The zero-order valence-electron chi connectivity index (χ0n) is 8.84. The quantitative estimate of drug-likeness (QED) is 0.804. The third kappa shape index (κ3) is 1.94. The monoisotopic (exact) mass is 204 g/mol. The van der Waals surface area contributed by atoms with Crippen LogP contribution < -0.4 is 5.32 Å². The summed E-state index contributed by atoms with van der Waals surface area (Å²) in [5.41, 5.74) is 1.15. The molecule has 0 amide bonds. The van der Waals surface area contributed by atoms with Crippen LogP contribution in [-0.4, -0.2) is 6.04 Å². The van der Waals surface area contributed by atoms with Gasteiger partial charge in [0.05, 0.1) is 5.56 Å². The predicted octanol–water partition coefficient (Wildman–Crippen LogP) is 2.91. The molecule has 1 N–H and O–H groups in total. The minimum absolute atomic E-state index is 0.0932. The van der Waals surface area contributed by atoms with Gasteiger partial charge in [-0.05, 0) is 30.0 Å². The van der Waals surface area contributed by atoms with Crippen LogP contribution in [0.25, 0.3) is 0 Å². The second kappa shape index (κ2) is 3.23. The average Bonchev–Trinajstić information content (AvgIpc) is 2.74. The summed E-state index contributed by atoms with van der Waals surface area (Å²) < 4.78 is 13.3. The molecule has 2 nitrogen and oxygen atoms in total. The summed E-state index contributed by atoms with van der Waals surface area (Å²) in [6.45, 7) is 4.34. The van der Waals surface area contributed by atoms with E-state index in [0.717, 1.165) is 12.1 Å². The Morgan fingerprint density at radius 3 is 2.67 bits per heavy atom. The highest BCUT2D eigenvalue weighted by molar-refractivity contribution is 5.50. The van der Waals surface area contributed by atoms with E-state index in [-0.39, 0.29) is 5.56 Å². The van der Waals surface area contributed by atoms with E-state index in [9.17, 15) is 4.39 Å². The molecule has 15 heavy (non-hydrogen) atoms. The summed E-state index contributed by atoms with van der Waals surface area (Å²) in [7, 11) is 0. The molecule has 1 fully saturated rings. The summed E-state index contributed by atoms with van der Waals surface area (Å²) in [5, 5.41) is 11.8. The summed E-state index contributed by atoms with van der Waals surface area (Å²) in [6.07, 6.45) is 1.11. The molecule has 1 aliphatic carbocycles. The normalized spacial score (nSPS) is 21.9. The minimum Gasteiger partial charge on any atom is -0.382 e. The van der Waals surface area contributed by atoms with Gasteiger partial charge >= 0.3 is 0 Å². The van der Waals surface area contributed by atoms with E-state index in [0.29, 0.717) is 11.5 Å². The Hall–Kier alpha value is -1.56. The molecule has 0 spiro atoms. The number of hydrogen-bond donors (Lipinski definition) is 1. The van der Waals surface area contributed by atoms with Crippen LogP contribution in [0.15, 0.2) is 18.2 Å². The molecule has 0 saturated heterocycles. The molecule has 0 heterocycles. The van der Waals surface area contributed by atoms with Crippen molar-refractivity contribution in [1.82, 2.24) is 0 Å². The molecule has 3 heteroatoms. The number of halogens is 1. The molecule has 2 rings (SSSR count). The molecule has 1 aromatic rings. The van der Waals surface area contributed by atoms with E-state index in [1.165, 1.54) is 12.1 Å². The smallest absolute Gasteiger partial charge is 0.143 e. The number of benzene rings is 1. The highest BCUT2D eigenvalue weighted by Gasteiger charge is 2.45. The fourth-order valence-electron chi connectivity index (χ4n) is 1.61. The van der Waals surface area contributed by atoms with Gasteiger partial charge in [-0.25, -0.2) is 4.39 Å². The van der Waals surface area contributed by atoms with Gasteiger partial charge in [0.1, 0.15) is 11.9 Å². The predicted molar refractivity (Wildman–Crippen MR) is 56.9 cm³/mol. The van der Waals surface area contributed by atoms with Crippen molar-refractivity contribution < 1.29 is 4.39 Å². The van der Waals surface area contributed by atoms with Gasteiger partial charge in [-0.3, -0.25) is 0 Å². The van der Waals surface area contributed by atoms with Gasteiger partial charge in [0.2, 0.25) is 0 Å². The molecule has 1 unspecified atom stereocenters. The maximum atomic E-state index is 13.3. The van der Waals surface area contributed by atoms with Gasteiger partial charge in [-0.2, -0.15) is 5.26 Å². The Balaban J connectivity index is 2.12. The van der Waals surface area contributed by atoms with Crippen LogP contribution in [0.2, 0.25) is 0 Å². The summed E-state index contributed by atoms with van der Waals surface area (Å²) >= 11 is 0. The van der Waals surface area contributed by atoms with Crippen LogP contribution >= 0.6 is 0 Å². The number of rotatable bonds is 2. The van der Waals surface area contributed by atoms with Crippen molar-refractivity contribution in [2.75, 3.05) is 5.32 Å². The second-order valence-electron chi connectivity index (χ2n) is 4.70. The van der Waals surface area contributed by atoms with Gasteiger partial charge < -0.3 is 5.32 Å². The van der Waals surface area contributed by atoms with Gasteiger partial charge in [0.15, 0.2) is 0 Å². The van der Waals surface area contributed by atoms with E-state index in [2.05, 4.69) is 19.2 Å². The SMILES string of the molecule is CC1(C)CC1Nc1ccc(C#N)c(F)c1. The van der Waals surface area contributed by atoms with Crippen LogP contribution in [0.5, 0.6) is 0 Å². The topological polar surface area (TPSA) is 35.8 Å². The molecule has 1 aliphatic rings. The second-order valence-corrected chi connectivity index (χ2v) is 4.70. The standard InChI is InChI=1S/C12H13FN2/c1-12(2)6-11(12)15-9-4-3-8(7-14)10(13)5-9/h3-5,11,15H,6H2,1-2H3. The molecular weight excluding hydrogens is 191 g/mol. The Morgan fingerprint density at radius 2 is 2.20 bits per heavy atom. The van der Waals surface area contributed by atoms with Crippen LogP contribution in [0, 0.1) is 22.6 Å². The van der Waals surface area contributed by atoms with E-state index in [1.807, 2.05) is 0 Å². The summed E-state index contributed by atoms with van der Waals surface area (Å²) in [5.74, 6) is -0.457. The van der Waals surface area contributed by atoms with E-state index in [1.54, 1.807) is 12.1 Å². The lowest BCUT2D eigenvalue weighted by Gasteiger charge is -2.08. The largest absolute Gasteiger partial charge is 0.382 e. The van der Waals surface area contributed by atoms with Crippen molar-refractivity contribution in [3.63, 3.8) is 0 Å². The van der Waals surface area contributed by atoms with Crippen LogP contribution in [0.1, 0.15) is 25.8 Å². The number of hydrogen-bond acceptors (Lipinski definition) is 2. The average molecular weight is 204 g/mol. The molecule has 1 saturated carbocycles. The fourth-order valence-corrected chi connectivity index (χ4v) is 1.61. The number of anilines is 1. The Morgan fingerprint density at radius 1 is 1.53 bits per heavy atom. The molecule has 0 aliphatic heterocycles. The molecule has 78 valence electrons. The van der Waals surface area contributed by atoms with Gasteiger partial charge in [-0.15, -0.1) is 0 Å². The lowest BCUT2D eigenvalue weighted by Crippen LogP contribution is -2.08. The van der Waals surface area contributed by atoms with E-state index in [4.69, 9.17) is 5.26 Å². The zero-order valence-corrected chi connectivity index (χ0v) is 8.84. The lowest BCUT2D eigenvalue weighted by molar-refractivity contribution is 0.620. The summed E-state index contributed by atoms with van der Waals surface area (Å²) in [4.78, 5) is 0. The first kappa shape index (κ1) is 9.97. The number of nitrogens with zero attached hydrogens (tertiary/aromatic N) is 1. The van der Waals surface area contributed by atoms with Crippen molar-refractivity contribution >= 4 is 5.69 Å². The maximum absolute atomic E-state index is 13.3. The van der Waals surface area contributed by atoms with E-state index >= 15 is 0 Å². The highest BCUT2D eigenvalue weighted by Crippen LogP contribution is 2.46. The summed E-state index contributed by atoms with van der Waals surface area (Å²) in [6, 6.07) is 6.86. The van der Waals surface area contributed by atoms with Crippen LogP contribution in [0.3, 0.4) is 0 Å². The highest BCUT2D eigenvalue weighted by atomic mass is 19.1. The molecule has 0 aromatic heterocycles. The molecule has 1 atom stereocenters. The van der Waals surface area contributed by atoms with Gasteiger partial charge in [0.25, 0.3) is 0 Å². The minimum atomic E-state index is -0.457. The first-order chi connectivity index (χ1) is 7.03. The number of nitrogens with one attached hydrogen (secondary N) is 1. The first-order valence-electron chi connectivity index (χ1n) is 4.99. The molecule has 1 aromatic carbocycles. The lowest BCUT2D eigenvalue weighted by atomic mass is 10.1. The number of nitriles is 1. The van der Waals surface area contributed by atoms with E-state index < -0.39 is 5.82 Å². The molecule has 0 radical (unpaired) electrons. The van der Waals surface area contributed by atoms with Crippen molar-refractivity contribution in [2.45, 2.75) is 26.3 Å². The molecular formula is C12H13FN2. The third-order valence-corrected chi connectivity index (χ3v) is 2.94. The van der Waals surface area contributed by atoms with Crippen molar-refractivity contribution in [2.24, 2.45) is 5.41 Å². The maximum Gasteiger partial charge on any atom is 0.143 e. The zero-order chi connectivity index (χ0) is 11.1. The van der Waals surface area contributed by atoms with Crippen LogP contribution in [0.4, 0.5) is 10.1 Å². The van der Waals surface area contributed by atoms with Crippen molar-refractivity contribution in [3.05, 3.63) is 29.6 Å². The fraction of sp³-hybridized carbons (Fsp3) is 0.417. The van der Waals surface area contributed by atoms with Crippen LogP contribution in [-0.2, 0) is 0 Å². The molecule has 0 bridgehead atoms. The Labute approximate surface area is 88.7 Å². The first-order valence-corrected chi connectivity index (χ1v) is 4.99. The van der Waals surface area contributed by atoms with Crippen molar-refractivity contribution in [3.8, 4) is 6.07 Å². The van der Waals surface area contributed by atoms with Gasteiger partial charge in [-0.1, -0.05) is 13.8 Å². The Bertz CT molecular complexity index is 432. The van der Waals surface area contributed by atoms with Gasteiger partial charge in [0, 0.05) is 11.7 Å². The third-order valence-electron chi connectivity index (χ3n) is 2.94.